The highest BCUT2D eigenvalue weighted by Crippen LogP contribution is 2.24. The summed E-state index contributed by atoms with van der Waals surface area (Å²) in [6.07, 6.45) is 1.19. The Balaban J connectivity index is 2.18. The average molecular weight is 398 g/mol. The number of nitrogens with one attached hydrogen (secondary N) is 2. The Morgan fingerprint density at radius 1 is 1.50 bits per heavy atom. The van der Waals surface area contributed by atoms with Gasteiger partial charge in [0.1, 0.15) is 4.90 Å². The van der Waals surface area contributed by atoms with Crippen LogP contribution in [0.4, 0.5) is 5.82 Å². The number of hydrazine groups is 1. The van der Waals surface area contributed by atoms with Crippen LogP contribution in [0.5, 0.6) is 0 Å². The quantitative estimate of drug-likeness (QED) is 0.531. The standard InChI is InChI=1S/C10H10BrClN4O2S2/c11-7-1-2-19-9(7)5-15-20(17,18)6-3-8(12)10(16-13)14-4-6/h1-4,15H,5,13H2,(H,14,16). The van der Waals surface area contributed by atoms with Gasteiger partial charge in [-0.15, -0.1) is 11.3 Å². The lowest BCUT2D eigenvalue weighted by Crippen LogP contribution is -2.23. The Bertz CT molecular complexity index is 720. The van der Waals surface area contributed by atoms with Crippen LogP contribution in [-0.2, 0) is 16.6 Å². The number of nitrogens with two attached hydrogens (primary N) is 1. The van der Waals surface area contributed by atoms with Gasteiger partial charge in [0.2, 0.25) is 10.0 Å². The van der Waals surface area contributed by atoms with E-state index in [9.17, 15) is 8.42 Å². The summed E-state index contributed by atoms with van der Waals surface area (Å²) in [7, 11) is -3.68. The molecule has 6 nitrogen and oxygen atoms in total. The number of sulfonamides is 1. The number of hydrogen-bond acceptors (Lipinski definition) is 6. The minimum absolute atomic E-state index is 0.0193. The van der Waals surface area contributed by atoms with Crippen LogP contribution >= 0.6 is 38.9 Å². The second kappa shape index (κ2) is 6.37. The van der Waals surface area contributed by atoms with E-state index < -0.39 is 10.0 Å². The number of halogens is 2. The molecule has 108 valence electrons. The number of hydrogen-bond donors (Lipinski definition) is 3. The normalized spacial score (nSPS) is 11.6. The van der Waals surface area contributed by atoms with E-state index in [4.69, 9.17) is 17.4 Å². The fourth-order valence-corrected chi connectivity index (χ4v) is 4.14. The Morgan fingerprint density at radius 3 is 2.80 bits per heavy atom. The van der Waals surface area contributed by atoms with Gasteiger partial charge in [-0.2, -0.15) is 0 Å². The van der Waals surface area contributed by atoms with Crippen molar-refractivity contribution in [3.63, 3.8) is 0 Å². The molecule has 0 saturated carbocycles. The van der Waals surface area contributed by atoms with E-state index >= 15 is 0 Å². The molecule has 10 heteroatoms. The van der Waals surface area contributed by atoms with Crippen molar-refractivity contribution in [3.8, 4) is 0 Å². The lowest BCUT2D eigenvalue weighted by Gasteiger charge is -2.08. The molecule has 0 unspecified atom stereocenters. The van der Waals surface area contributed by atoms with Crippen molar-refractivity contribution >= 4 is 54.7 Å². The fraction of sp³-hybridized carbons (Fsp3) is 0.100. The number of pyridine rings is 1. The maximum atomic E-state index is 12.1. The topological polar surface area (TPSA) is 97.1 Å². The van der Waals surface area contributed by atoms with E-state index in [1.54, 1.807) is 0 Å². The molecule has 0 radical (unpaired) electrons. The maximum absolute atomic E-state index is 12.1. The smallest absolute Gasteiger partial charge is 0.242 e. The molecular formula is C10H10BrClN4O2S2. The van der Waals surface area contributed by atoms with Crippen molar-refractivity contribution in [1.29, 1.82) is 0 Å². The summed E-state index contributed by atoms with van der Waals surface area (Å²) in [4.78, 5) is 4.69. The number of aromatic nitrogens is 1. The van der Waals surface area contributed by atoms with E-state index in [0.29, 0.717) is 0 Å². The maximum Gasteiger partial charge on any atom is 0.242 e. The first-order chi connectivity index (χ1) is 9.44. The largest absolute Gasteiger partial charge is 0.307 e. The van der Waals surface area contributed by atoms with Crippen molar-refractivity contribution in [1.82, 2.24) is 9.71 Å². The third-order valence-electron chi connectivity index (χ3n) is 2.38. The number of anilines is 1. The SMILES string of the molecule is NNc1ncc(S(=O)(=O)NCc2sccc2Br)cc1Cl. The zero-order valence-electron chi connectivity index (χ0n) is 9.93. The molecule has 2 heterocycles. The average Bonchev–Trinajstić information content (AvgIpc) is 2.82. The Labute approximate surface area is 133 Å². The number of thiophene rings is 1. The molecule has 0 spiro atoms. The third kappa shape index (κ3) is 3.48. The molecule has 2 aromatic rings. The van der Waals surface area contributed by atoms with Gasteiger partial charge in [0.25, 0.3) is 0 Å². The zero-order chi connectivity index (χ0) is 14.8. The van der Waals surface area contributed by atoms with E-state index in [0.717, 1.165) is 9.35 Å². The van der Waals surface area contributed by atoms with Crippen LogP contribution in [0.15, 0.2) is 33.1 Å². The molecule has 0 aliphatic rings. The first-order valence-corrected chi connectivity index (χ1v) is 8.81. The van der Waals surface area contributed by atoms with Gasteiger partial charge in [-0.3, -0.25) is 0 Å². The number of nitrogen functional groups attached to an aromatic ring is 1. The molecular weight excluding hydrogens is 388 g/mol. The van der Waals surface area contributed by atoms with Crippen LogP contribution in [0.1, 0.15) is 4.88 Å². The van der Waals surface area contributed by atoms with Crippen molar-refractivity contribution in [2.24, 2.45) is 5.84 Å². The summed E-state index contributed by atoms with van der Waals surface area (Å²) in [5.41, 5.74) is 2.27. The summed E-state index contributed by atoms with van der Waals surface area (Å²) in [5, 5.41) is 2.00. The second-order valence-corrected chi connectivity index (χ2v) is 7.69. The van der Waals surface area contributed by atoms with E-state index in [-0.39, 0.29) is 22.3 Å². The lowest BCUT2D eigenvalue weighted by molar-refractivity contribution is 0.581. The van der Waals surface area contributed by atoms with Crippen molar-refractivity contribution in [2.45, 2.75) is 11.4 Å². The first-order valence-electron chi connectivity index (χ1n) is 5.27. The Kier molecular flexibility index (Phi) is 4.99. The molecule has 0 bridgehead atoms. The van der Waals surface area contributed by atoms with Crippen LogP contribution in [0.3, 0.4) is 0 Å². The highest BCUT2D eigenvalue weighted by atomic mass is 79.9. The molecule has 0 aliphatic heterocycles. The van der Waals surface area contributed by atoms with Crippen LogP contribution in [0.2, 0.25) is 5.02 Å². The molecule has 0 fully saturated rings. The van der Waals surface area contributed by atoms with Gasteiger partial charge in [0.15, 0.2) is 5.82 Å². The van der Waals surface area contributed by atoms with Gasteiger partial charge in [-0.1, -0.05) is 11.6 Å². The summed E-state index contributed by atoms with van der Waals surface area (Å²) < 4.78 is 27.6. The first kappa shape index (κ1) is 15.7. The molecule has 0 aromatic carbocycles. The molecule has 2 rings (SSSR count). The van der Waals surface area contributed by atoms with E-state index in [1.165, 1.54) is 23.6 Å². The highest BCUT2D eigenvalue weighted by Gasteiger charge is 2.17. The van der Waals surface area contributed by atoms with Gasteiger partial charge < -0.3 is 5.43 Å². The van der Waals surface area contributed by atoms with Crippen molar-refractivity contribution in [3.05, 3.63) is 38.1 Å². The van der Waals surface area contributed by atoms with Gasteiger partial charge in [0.05, 0.1) is 5.02 Å². The Hall–Kier alpha value is -0.710. The molecule has 0 atom stereocenters. The molecule has 2 aromatic heterocycles. The van der Waals surface area contributed by atoms with Gasteiger partial charge in [-0.05, 0) is 33.4 Å². The van der Waals surface area contributed by atoms with Gasteiger partial charge in [0, 0.05) is 22.1 Å². The number of nitrogens with zero attached hydrogens (tertiary/aromatic N) is 1. The van der Waals surface area contributed by atoms with Gasteiger partial charge >= 0.3 is 0 Å². The van der Waals surface area contributed by atoms with Crippen LogP contribution in [0.25, 0.3) is 0 Å². The molecule has 0 amide bonds. The molecule has 4 N–H and O–H groups in total. The predicted molar refractivity (Wildman–Crippen MR) is 83.1 cm³/mol. The fourth-order valence-electron chi connectivity index (χ4n) is 1.37. The molecule has 0 saturated heterocycles. The van der Waals surface area contributed by atoms with E-state index in [1.807, 2.05) is 11.4 Å². The zero-order valence-corrected chi connectivity index (χ0v) is 13.9. The summed E-state index contributed by atoms with van der Waals surface area (Å²) in [6.45, 7) is 0.190. The minimum atomic E-state index is -3.68. The third-order valence-corrected chi connectivity index (χ3v) is 5.96. The lowest BCUT2D eigenvalue weighted by atomic mass is 10.5. The van der Waals surface area contributed by atoms with Crippen LogP contribution in [-0.4, -0.2) is 13.4 Å². The summed E-state index contributed by atoms with van der Waals surface area (Å²) in [5.74, 6) is 5.40. The minimum Gasteiger partial charge on any atom is -0.307 e. The van der Waals surface area contributed by atoms with Crippen molar-refractivity contribution in [2.75, 3.05) is 5.43 Å². The Morgan fingerprint density at radius 2 is 2.25 bits per heavy atom. The monoisotopic (exact) mass is 396 g/mol. The highest BCUT2D eigenvalue weighted by molar-refractivity contribution is 9.10. The number of rotatable bonds is 5. The van der Waals surface area contributed by atoms with E-state index in [2.05, 4.69) is 31.1 Å². The molecule has 20 heavy (non-hydrogen) atoms. The van der Waals surface area contributed by atoms with Gasteiger partial charge in [-0.25, -0.2) is 24.0 Å². The van der Waals surface area contributed by atoms with Crippen LogP contribution < -0.4 is 16.0 Å². The summed E-state index contributed by atoms with van der Waals surface area (Å²) >= 11 is 10.7. The molecule has 0 aliphatic carbocycles. The van der Waals surface area contributed by atoms with Crippen molar-refractivity contribution < 1.29 is 8.42 Å². The van der Waals surface area contributed by atoms with Crippen LogP contribution in [0, 0.1) is 0 Å². The summed E-state index contributed by atoms with van der Waals surface area (Å²) in [6, 6.07) is 3.14. The predicted octanol–water partition coefficient (Wildman–Crippen LogP) is 2.32. The second-order valence-electron chi connectivity index (χ2n) is 3.66.